The van der Waals surface area contributed by atoms with Crippen molar-refractivity contribution in [3.8, 4) is 0 Å². The third-order valence-corrected chi connectivity index (χ3v) is 4.16. The van der Waals surface area contributed by atoms with Crippen molar-refractivity contribution in [3.63, 3.8) is 0 Å². The third kappa shape index (κ3) is 4.13. The first-order chi connectivity index (χ1) is 11.3. The van der Waals surface area contributed by atoms with E-state index < -0.39 is 6.04 Å². The minimum absolute atomic E-state index is 0.00210. The van der Waals surface area contributed by atoms with Gasteiger partial charge in [-0.2, -0.15) is 0 Å². The second kappa shape index (κ2) is 7.47. The van der Waals surface area contributed by atoms with Crippen molar-refractivity contribution in [3.05, 3.63) is 23.8 Å². The molecule has 1 atom stereocenters. The zero-order chi connectivity index (χ0) is 17.9. The van der Waals surface area contributed by atoms with Crippen molar-refractivity contribution in [2.75, 3.05) is 16.8 Å². The Morgan fingerprint density at radius 1 is 1.17 bits per heavy atom. The molecule has 1 aliphatic rings. The summed E-state index contributed by atoms with van der Waals surface area (Å²) in [6.45, 7) is 7.40. The molecule has 1 heterocycles. The number of nitrogens with zero attached hydrogens (tertiary/aromatic N) is 1. The summed E-state index contributed by atoms with van der Waals surface area (Å²) in [5.41, 5.74) is 2.59. The van der Waals surface area contributed by atoms with Gasteiger partial charge in [0.2, 0.25) is 17.7 Å². The van der Waals surface area contributed by atoms with Crippen molar-refractivity contribution in [1.29, 1.82) is 0 Å². The van der Waals surface area contributed by atoms with E-state index in [1.54, 1.807) is 11.8 Å². The zero-order valence-electron chi connectivity index (χ0n) is 14.7. The van der Waals surface area contributed by atoms with Crippen molar-refractivity contribution >= 4 is 29.1 Å². The molecule has 0 aromatic heterocycles. The molecular formula is C18H25N3O3. The molecule has 0 unspecified atom stereocenters. The summed E-state index contributed by atoms with van der Waals surface area (Å²) < 4.78 is 0. The average Bonchev–Trinajstić information content (AvgIpc) is 2.51. The molecule has 0 bridgehead atoms. The molecule has 0 fully saturated rings. The Kier molecular flexibility index (Phi) is 5.59. The summed E-state index contributed by atoms with van der Waals surface area (Å²) in [4.78, 5) is 37.3. The molecule has 2 rings (SSSR count). The second-order valence-corrected chi connectivity index (χ2v) is 6.53. The lowest BCUT2D eigenvalue weighted by Gasteiger charge is -2.29. The van der Waals surface area contributed by atoms with E-state index in [-0.39, 0.29) is 23.6 Å². The maximum Gasteiger partial charge on any atom is 0.247 e. The first-order valence-electron chi connectivity index (χ1n) is 8.28. The molecule has 6 heteroatoms. The lowest BCUT2D eigenvalue weighted by atomic mass is 10.0. The SMILES string of the molecule is CC(=O)N[C@@H](C(=O)Nc1ccc2c(c1)N(C(C)=O)CCC2)C(C)C. The van der Waals surface area contributed by atoms with Crippen LogP contribution in [0.2, 0.25) is 0 Å². The van der Waals surface area contributed by atoms with Crippen LogP contribution in [0.4, 0.5) is 11.4 Å². The Balaban J connectivity index is 2.21. The molecule has 0 radical (unpaired) electrons. The number of benzene rings is 1. The van der Waals surface area contributed by atoms with E-state index in [0.717, 1.165) is 24.1 Å². The van der Waals surface area contributed by atoms with Crippen LogP contribution in [-0.4, -0.2) is 30.3 Å². The maximum atomic E-state index is 12.5. The van der Waals surface area contributed by atoms with Crippen LogP contribution in [0.15, 0.2) is 18.2 Å². The molecule has 0 aliphatic carbocycles. The highest BCUT2D eigenvalue weighted by Crippen LogP contribution is 2.30. The fourth-order valence-corrected chi connectivity index (χ4v) is 2.95. The van der Waals surface area contributed by atoms with Gasteiger partial charge in [-0.05, 0) is 36.5 Å². The van der Waals surface area contributed by atoms with Crippen LogP contribution in [0, 0.1) is 5.92 Å². The Bertz CT molecular complexity index is 655. The second-order valence-electron chi connectivity index (χ2n) is 6.53. The summed E-state index contributed by atoms with van der Waals surface area (Å²) in [5.74, 6) is -0.527. The van der Waals surface area contributed by atoms with Crippen LogP contribution >= 0.6 is 0 Å². The van der Waals surface area contributed by atoms with Crippen LogP contribution < -0.4 is 15.5 Å². The monoisotopic (exact) mass is 331 g/mol. The number of amides is 3. The van der Waals surface area contributed by atoms with E-state index >= 15 is 0 Å². The molecule has 130 valence electrons. The number of anilines is 2. The van der Waals surface area contributed by atoms with Crippen molar-refractivity contribution < 1.29 is 14.4 Å². The van der Waals surface area contributed by atoms with Gasteiger partial charge < -0.3 is 15.5 Å². The standard InChI is InChI=1S/C18H25N3O3/c1-11(2)17(19-12(3)22)18(24)20-15-8-7-14-6-5-9-21(13(4)23)16(14)10-15/h7-8,10-11,17H,5-6,9H2,1-4H3,(H,19,22)(H,20,24)/t17-/m1/s1. The minimum atomic E-state index is -0.595. The van der Waals surface area contributed by atoms with Crippen LogP contribution in [0.5, 0.6) is 0 Å². The number of aryl methyl sites for hydroxylation is 1. The van der Waals surface area contributed by atoms with Gasteiger partial charge in [-0.15, -0.1) is 0 Å². The lowest BCUT2D eigenvalue weighted by molar-refractivity contribution is -0.126. The Morgan fingerprint density at radius 3 is 2.46 bits per heavy atom. The van der Waals surface area contributed by atoms with E-state index in [4.69, 9.17) is 0 Å². The topological polar surface area (TPSA) is 78.5 Å². The maximum absolute atomic E-state index is 12.5. The molecule has 3 amide bonds. The van der Waals surface area contributed by atoms with Gasteiger partial charge in [0.1, 0.15) is 6.04 Å². The first-order valence-corrected chi connectivity index (χ1v) is 8.28. The van der Waals surface area contributed by atoms with E-state index in [0.29, 0.717) is 12.2 Å². The summed E-state index contributed by atoms with van der Waals surface area (Å²) in [6, 6.07) is 5.02. The lowest BCUT2D eigenvalue weighted by Crippen LogP contribution is -2.46. The van der Waals surface area contributed by atoms with Crippen LogP contribution in [-0.2, 0) is 20.8 Å². The number of hydrogen-bond acceptors (Lipinski definition) is 3. The molecule has 1 aromatic rings. The Morgan fingerprint density at radius 2 is 1.88 bits per heavy atom. The van der Waals surface area contributed by atoms with E-state index in [1.165, 1.54) is 6.92 Å². The highest BCUT2D eigenvalue weighted by atomic mass is 16.2. The molecule has 0 spiro atoms. The number of carbonyl (C=O) groups excluding carboxylic acids is 3. The van der Waals surface area contributed by atoms with Crippen molar-refractivity contribution in [2.45, 2.75) is 46.6 Å². The zero-order valence-corrected chi connectivity index (χ0v) is 14.7. The summed E-state index contributed by atoms with van der Waals surface area (Å²) in [6.07, 6.45) is 1.87. The molecule has 2 N–H and O–H groups in total. The fourth-order valence-electron chi connectivity index (χ4n) is 2.95. The van der Waals surface area contributed by atoms with Crippen LogP contribution in [0.3, 0.4) is 0 Å². The number of carbonyl (C=O) groups is 3. The van der Waals surface area contributed by atoms with Crippen molar-refractivity contribution in [1.82, 2.24) is 5.32 Å². The van der Waals surface area contributed by atoms with Gasteiger partial charge >= 0.3 is 0 Å². The Labute approximate surface area is 142 Å². The van der Waals surface area contributed by atoms with Crippen LogP contribution in [0.25, 0.3) is 0 Å². The summed E-state index contributed by atoms with van der Waals surface area (Å²) in [7, 11) is 0. The molecule has 0 saturated carbocycles. The normalized spacial score (nSPS) is 14.8. The summed E-state index contributed by atoms with van der Waals surface area (Å²) >= 11 is 0. The number of fused-ring (bicyclic) bond motifs is 1. The van der Waals surface area contributed by atoms with Gasteiger partial charge in [0.15, 0.2) is 0 Å². The molecule has 1 aliphatic heterocycles. The van der Waals surface area contributed by atoms with Gasteiger partial charge in [-0.1, -0.05) is 19.9 Å². The average molecular weight is 331 g/mol. The van der Waals surface area contributed by atoms with Gasteiger partial charge in [-0.25, -0.2) is 0 Å². The minimum Gasteiger partial charge on any atom is -0.344 e. The van der Waals surface area contributed by atoms with Gasteiger partial charge in [0, 0.05) is 31.8 Å². The Hall–Kier alpha value is -2.37. The quantitative estimate of drug-likeness (QED) is 0.887. The van der Waals surface area contributed by atoms with Gasteiger partial charge in [0.25, 0.3) is 0 Å². The number of hydrogen-bond donors (Lipinski definition) is 2. The molecule has 1 aromatic carbocycles. The molecule has 24 heavy (non-hydrogen) atoms. The smallest absolute Gasteiger partial charge is 0.247 e. The largest absolute Gasteiger partial charge is 0.344 e. The molecule has 6 nitrogen and oxygen atoms in total. The highest BCUT2D eigenvalue weighted by molar-refractivity contribution is 5.99. The first kappa shape index (κ1) is 18.0. The predicted molar refractivity (Wildman–Crippen MR) is 93.9 cm³/mol. The highest BCUT2D eigenvalue weighted by Gasteiger charge is 2.24. The predicted octanol–water partition coefficient (Wildman–Crippen LogP) is 2.08. The summed E-state index contributed by atoms with van der Waals surface area (Å²) in [5, 5.41) is 5.52. The van der Waals surface area contributed by atoms with E-state index in [9.17, 15) is 14.4 Å². The van der Waals surface area contributed by atoms with Gasteiger partial charge in [0.05, 0.1) is 0 Å². The van der Waals surface area contributed by atoms with Gasteiger partial charge in [-0.3, -0.25) is 14.4 Å². The number of rotatable bonds is 4. The molecule has 0 saturated heterocycles. The van der Waals surface area contributed by atoms with Crippen LogP contribution in [0.1, 0.15) is 39.7 Å². The molecular weight excluding hydrogens is 306 g/mol. The fraction of sp³-hybridized carbons (Fsp3) is 0.500. The third-order valence-electron chi connectivity index (χ3n) is 4.16. The number of nitrogens with one attached hydrogen (secondary N) is 2. The van der Waals surface area contributed by atoms with E-state index in [2.05, 4.69) is 10.6 Å². The van der Waals surface area contributed by atoms with E-state index in [1.807, 2.05) is 32.0 Å². The van der Waals surface area contributed by atoms with Crippen molar-refractivity contribution in [2.24, 2.45) is 5.92 Å².